The van der Waals surface area contributed by atoms with E-state index in [4.69, 9.17) is 0 Å². The third-order valence-corrected chi connectivity index (χ3v) is 5.45. The zero-order valence-corrected chi connectivity index (χ0v) is 12.2. The van der Waals surface area contributed by atoms with Crippen LogP contribution in [0.1, 0.15) is 30.4 Å². The van der Waals surface area contributed by atoms with Crippen LogP contribution in [0.5, 0.6) is 5.75 Å². The molecule has 4 heteroatoms. The Morgan fingerprint density at radius 3 is 2.71 bits per heavy atom. The molecule has 1 amide bonds. The van der Waals surface area contributed by atoms with Gasteiger partial charge < -0.3 is 10.4 Å². The predicted octanol–water partition coefficient (Wildman–Crippen LogP) is 1.46. The van der Waals surface area contributed by atoms with Gasteiger partial charge in [0.1, 0.15) is 5.75 Å². The van der Waals surface area contributed by atoms with Crippen LogP contribution < -0.4 is 5.32 Å². The van der Waals surface area contributed by atoms with Gasteiger partial charge in [-0.2, -0.15) is 0 Å². The fourth-order valence-corrected chi connectivity index (χ4v) is 4.34. The van der Waals surface area contributed by atoms with Crippen molar-refractivity contribution in [2.45, 2.75) is 44.2 Å². The molecule has 4 nitrogen and oxygen atoms in total. The number of nitrogens with one attached hydrogen (secondary N) is 1. The topological polar surface area (TPSA) is 52.6 Å². The van der Waals surface area contributed by atoms with Crippen molar-refractivity contribution in [1.82, 2.24) is 10.2 Å². The van der Waals surface area contributed by atoms with Gasteiger partial charge in [0.05, 0.1) is 6.04 Å². The summed E-state index contributed by atoms with van der Waals surface area (Å²) >= 11 is 0. The fourth-order valence-electron chi connectivity index (χ4n) is 4.34. The first-order valence-electron chi connectivity index (χ1n) is 8.06. The zero-order chi connectivity index (χ0) is 14.4. The number of rotatable bonds is 2. The predicted molar refractivity (Wildman–Crippen MR) is 80.1 cm³/mol. The summed E-state index contributed by atoms with van der Waals surface area (Å²) in [5.74, 6) is 1.16. The van der Waals surface area contributed by atoms with Gasteiger partial charge in [0.15, 0.2) is 0 Å². The molecule has 1 aromatic carbocycles. The zero-order valence-electron chi connectivity index (χ0n) is 12.2. The maximum atomic E-state index is 12.5. The molecular weight excluding hydrogens is 264 g/mol. The van der Waals surface area contributed by atoms with Crippen LogP contribution in [-0.2, 0) is 17.6 Å². The normalized spacial score (nSPS) is 33.7. The Hall–Kier alpha value is -1.55. The highest BCUT2D eigenvalue weighted by Gasteiger charge is 2.44. The highest BCUT2D eigenvalue weighted by atomic mass is 16.3. The number of benzene rings is 1. The van der Waals surface area contributed by atoms with Crippen LogP contribution in [0, 0.1) is 5.92 Å². The minimum Gasteiger partial charge on any atom is -0.508 e. The van der Waals surface area contributed by atoms with Crippen molar-refractivity contribution in [1.29, 1.82) is 0 Å². The summed E-state index contributed by atoms with van der Waals surface area (Å²) in [6.45, 7) is 2.19. The lowest BCUT2D eigenvalue weighted by molar-refractivity contribution is -0.126. The molecule has 0 spiro atoms. The standard InChI is InChI=1S/C17H22N2O2/c20-15-4-2-12-9-14(3-1-13(12)10-15)18-17(21)16-11-5-7-19(16)8-6-11/h2,4,10-11,14,16,20H,1,3,5-9H2,(H,18,21). The molecule has 21 heavy (non-hydrogen) atoms. The molecule has 2 aliphatic heterocycles. The van der Waals surface area contributed by atoms with E-state index in [1.165, 1.54) is 24.0 Å². The number of hydrogen-bond acceptors (Lipinski definition) is 3. The molecule has 2 saturated heterocycles. The molecule has 112 valence electrons. The summed E-state index contributed by atoms with van der Waals surface area (Å²) in [7, 11) is 0. The van der Waals surface area contributed by atoms with E-state index in [1.54, 1.807) is 6.07 Å². The number of carbonyl (C=O) groups excluding carboxylic acids is 1. The lowest BCUT2D eigenvalue weighted by Gasteiger charge is -2.28. The van der Waals surface area contributed by atoms with Gasteiger partial charge in [-0.05, 0) is 74.4 Å². The van der Waals surface area contributed by atoms with Gasteiger partial charge >= 0.3 is 0 Å². The number of phenols is 1. The smallest absolute Gasteiger partial charge is 0.237 e. The van der Waals surface area contributed by atoms with Gasteiger partial charge in [-0.3, -0.25) is 9.69 Å². The Labute approximate surface area is 125 Å². The molecule has 2 atom stereocenters. The van der Waals surface area contributed by atoms with Crippen molar-refractivity contribution in [2.24, 2.45) is 5.92 Å². The molecule has 0 aromatic heterocycles. The van der Waals surface area contributed by atoms with Gasteiger partial charge in [-0.15, -0.1) is 0 Å². The number of amides is 1. The number of carbonyl (C=O) groups is 1. The number of hydrogen-bond donors (Lipinski definition) is 2. The number of piperidine rings is 1. The minimum atomic E-state index is 0.131. The summed E-state index contributed by atoms with van der Waals surface area (Å²) in [6.07, 6.45) is 5.17. The van der Waals surface area contributed by atoms with Crippen molar-refractivity contribution in [2.75, 3.05) is 13.1 Å². The Balaban J connectivity index is 1.42. The molecule has 4 rings (SSSR count). The van der Waals surface area contributed by atoms with Crippen molar-refractivity contribution < 1.29 is 9.90 Å². The fraction of sp³-hybridized carbons (Fsp3) is 0.588. The first-order valence-corrected chi connectivity index (χ1v) is 8.06. The van der Waals surface area contributed by atoms with Gasteiger partial charge in [-0.1, -0.05) is 6.07 Å². The molecule has 1 aromatic rings. The van der Waals surface area contributed by atoms with Crippen molar-refractivity contribution in [3.8, 4) is 5.75 Å². The molecule has 1 aliphatic carbocycles. The molecule has 2 heterocycles. The number of fused-ring (bicyclic) bond motifs is 3. The number of aromatic hydroxyl groups is 1. The highest BCUT2D eigenvalue weighted by Crippen LogP contribution is 2.34. The molecule has 3 aliphatic rings. The Kier molecular flexibility index (Phi) is 3.14. The Bertz CT molecular complexity index is 552. The van der Waals surface area contributed by atoms with Crippen molar-refractivity contribution in [3.05, 3.63) is 29.3 Å². The summed E-state index contributed by atoms with van der Waals surface area (Å²) in [6, 6.07) is 5.97. The molecule has 2 bridgehead atoms. The summed E-state index contributed by atoms with van der Waals surface area (Å²) in [5.41, 5.74) is 2.49. The lowest BCUT2D eigenvalue weighted by atomic mass is 9.88. The Morgan fingerprint density at radius 2 is 2.00 bits per heavy atom. The largest absolute Gasteiger partial charge is 0.508 e. The quantitative estimate of drug-likeness (QED) is 0.865. The van der Waals surface area contributed by atoms with Crippen LogP contribution in [0.2, 0.25) is 0 Å². The number of aryl methyl sites for hydroxylation is 1. The summed E-state index contributed by atoms with van der Waals surface area (Å²) < 4.78 is 0. The van der Waals surface area contributed by atoms with Gasteiger partial charge in [0, 0.05) is 6.04 Å². The van der Waals surface area contributed by atoms with Gasteiger partial charge in [0.2, 0.25) is 5.91 Å². The van der Waals surface area contributed by atoms with Crippen LogP contribution in [0.4, 0.5) is 0 Å². The van der Waals surface area contributed by atoms with E-state index in [1.807, 2.05) is 12.1 Å². The highest BCUT2D eigenvalue weighted by molar-refractivity contribution is 5.83. The molecule has 2 fully saturated rings. The first-order chi connectivity index (χ1) is 10.2. The van der Waals surface area contributed by atoms with E-state index in [9.17, 15) is 9.90 Å². The third kappa shape index (κ3) is 2.31. The summed E-state index contributed by atoms with van der Waals surface area (Å²) in [4.78, 5) is 14.9. The van der Waals surface area contributed by atoms with E-state index in [0.29, 0.717) is 11.7 Å². The SMILES string of the molecule is O=C(NC1CCc2cc(O)ccc2C1)C1C2CCN1CC2. The molecule has 0 radical (unpaired) electrons. The van der Waals surface area contributed by atoms with Crippen LogP contribution in [0.15, 0.2) is 18.2 Å². The van der Waals surface area contributed by atoms with Crippen molar-refractivity contribution in [3.63, 3.8) is 0 Å². The molecule has 0 saturated carbocycles. The van der Waals surface area contributed by atoms with E-state index in [2.05, 4.69) is 10.2 Å². The molecular formula is C17H22N2O2. The van der Waals surface area contributed by atoms with Crippen LogP contribution in [0.25, 0.3) is 0 Å². The monoisotopic (exact) mass is 286 g/mol. The van der Waals surface area contributed by atoms with Crippen molar-refractivity contribution >= 4 is 5.91 Å². The average Bonchev–Trinajstić information content (AvgIpc) is 3.07. The second kappa shape index (κ2) is 5.02. The molecule has 2 unspecified atom stereocenters. The number of nitrogens with zero attached hydrogens (tertiary/aromatic N) is 1. The Morgan fingerprint density at radius 1 is 1.19 bits per heavy atom. The second-order valence-corrected chi connectivity index (χ2v) is 6.72. The first kappa shape index (κ1) is 13.1. The van der Waals surface area contributed by atoms with Gasteiger partial charge in [0.25, 0.3) is 0 Å². The number of phenolic OH excluding ortho intramolecular Hbond substituents is 1. The van der Waals surface area contributed by atoms with E-state index in [0.717, 1.165) is 32.4 Å². The minimum absolute atomic E-state index is 0.131. The van der Waals surface area contributed by atoms with Crippen LogP contribution in [-0.4, -0.2) is 41.1 Å². The van der Waals surface area contributed by atoms with Crippen LogP contribution >= 0.6 is 0 Å². The maximum Gasteiger partial charge on any atom is 0.237 e. The maximum absolute atomic E-state index is 12.5. The molecule has 2 N–H and O–H groups in total. The third-order valence-electron chi connectivity index (χ3n) is 5.45. The van der Waals surface area contributed by atoms with Gasteiger partial charge in [-0.25, -0.2) is 0 Å². The lowest BCUT2D eigenvalue weighted by Crippen LogP contribution is -2.47. The average molecular weight is 286 g/mol. The second-order valence-electron chi connectivity index (χ2n) is 6.72. The van der Waals surface area contributed by atoms with E-state index in [-0.39, 0.29) is 18.0 Å². The van der Waals surface area contributed by atoms with E-state index < -0.39 is 0 Å². The van der Waals surface area contributed by atoms with Crippen LogP contribution in [0.3, 0.4) is 0 Å². The van der Waals surface area contributed by atoms with E-state index >= 15 is 0 Å². The summed E-state index contributed by atoms with van der Waals surface area (Å²) in [5, 5.41) is 12.8.